The zero-order chi connectivity index (χ0) is 26.3. The maximum absolute atomic E-state index is 14.1. The second-order valence-corrected chi connectivity index (χ2v) is 9.33. The number of benzene rings is 2. The van der Waals surface area contributed by atoms with E-state index < -0.39 is 12.1 Å². The molecule has 1 fully saturated rings. The van der Waals surface area contributed by atoms with Crippen LogP contribution in [0.4, 0.5) is 21.7 Å². The predicted octanol–water partition coefficient (Wildman–Crippen LogP) is 4.82. The van der Waals surface area contributed by atoms with Crippen molar-refractivity contribution < 1.29 is 13.9 Å². The van der Waals surface area contributed by atoms with Crippen molar-refractivity contribution in [2.45, 2.75) is 26.1 Å². The van der Waals surface area contributed by atoms with Crippen molar-refractivity contribution in [1.29, 1.82) is 5.26 Å². The van der Waals surface area contributed by atoms with E-state index in [9.17, 15) is 14.4 Å². The van der Waals surface area contributed by atoms with Crippen molar-refractivity contribution in [1.82, 2.24) is 14.5 Å². The van der Waals surface area contributed by atoms with Crippen molar-refractivity contribution in [3.8, 4) is 11.8 Å². The lowest BCUT2D eigenvalue weighted by Gasteiger charge is -2.26. The summed E-state index contributed by atoms with van der Waals surface area (Å²) in [4.78, 5) is 26.4. The maximum atomic E-state index is 14.1. The number of aryl methyl sites for hydroxylation is 2. The molecule has 0 saturated heterocycles. The fourth-order valence-electron chi connectivity index (χ4n) is 4.41. The number of anilines is 3. The summed E-state index contributed by atoms with van der Waals surface area (Å²) in [6.45, 7) is 2.17. The first-order valence-corrected chi connectivity index (χ1v) is 12.0. The molecule has 2 aromatic heterocycles. The van der Waals surface area contributed by atoms with E-state index >= 15 is 0 Å². The van der Waals surface area contributed by atoms with Crippen LogP contribution in [0.2, 0.25) is 0 Å². The molecule has 1 aliphatic rings. The molecule has 8 nitrogen and oxygen atoms in total. The van der Waals surface area contributed by atoms with Gasteiger partial charge in [0.1, 0.15) is 23.3 Å². The maximum Gasteiger partial charge on any atom is 0.234 e. The van der Waals surface area contributed by atoms with Gasteiger partial charge in [0, 0.05) is 25.8 Å². The molecule has 0 bridgehead atoms. The van der Waals surface area contributed by atoms with E-state index in [0.717, 1.165) is 22.3 Å². The highest BCUT2D eigenvalue weighted by molar-refractivity contribution is 6.03. The Bertz CT molecular complexity index is 1520. The van der Waals surface area contributed by atoms with Gasteiger partial charge in [0.05, 0.1) is 43.0 Å². The average Bonchev–Trinajstić information content (AvgIpc) is 3.54. The van der Waals surface area contributed by atoms with Gasteiger partial charge in [-0.1, -0.05) is 18.2 Å². The van der Waals surface area contributed by atoms with Crippen molar-refractivity contribution in [2.75, 3.05) is 24.0 Å². The molecule has 9 heteroatoms. The molecule has 0 N–H and O–H groups in total. The third kappa shape index (κ3) is 4.58. The Morgan fingerprint density at radius 3 is 2.62 bits per heavy atom. The number of aromatic nitrogens is 3. The van der Waals surface area contributed by atoms with Crippen LogP contribution in [0.1, 0.15) is 23.1 Å². The zero-order valence-electron chi connectivity index (χ0n) is 21.1. The Morgan fingerprint density at radius 2 is 1.97 bits per heavy atom. The lowest BCUT2D eigenvalue weighted by molar-refractivity contribution is -0.120. The van der Waals surface area contributed by atoms with Crippen LogP contribution >= 0.6 is 0 Å². The van der Waals surface area contributed by atoms with E-state index in [4.69, 9.17) is 9.72 Å². The summed E-state index contributed by atoms with van der Waals surface area (Å²) < 4.78 is 21.2. The summed E-state index contributed by atoms with van der Waals surface area (Å²) in [5, 5.41) is 9.41. The number of alkyl halides is 1. The molecule has 2 atom stereocenters. The number of nitriles is 1. The van der Waals surface area contributed by atoms with Gasteiger partial charge in [-0.3, -0.25) is 9.69 Å². The molecule has 2 heterocycles. The average molecular weight is 499 g/mol. The number of hydrogen-bond donors (Lipinski definition) is 0. The highest BCUT2D eigenvalue weighted by Crippen LogP contribution is 2.39. The summed E-state index contributed by atoms with van der Waals surface area (Å²) in [7, 11) is 5.33. The predicted molar refractivity (Wildman–Crippen MR) is 140 cm³/mol. The van der Waals surface area contributed by atoms with Crippen LogP contribution < -0.4 is 14.5 Å². The minimum Gasteiger partial charge on any atom is -0.497 e. The molecule has 1 saturated carbocycles. The van der Waals surface area contributed by atoms with Crippen molar-refractivity contribution in [3.63, 3.8) is 0 Å². The molecule has 188 valence electrons. The van der Waals surface area contributed by atoms with E-state index in [2.05, 4.69) is 11.1 Å². The molecular formula is C28H27FN6O2. The van der Waals surface area contributed by atoms with Crippen LogP contribution in [-0.4, -0.2) is 40.8 Å². The third-order valence-electron chi connectivity index (χ3n) is 6.78. The number of imidazole rings is 1. The van der Waals surface area contributed by atoms with Crippen LogP contribution in [0.25, 0.3) is 11.0 Å². The van der Waals surface area contributed by atoms with Gasteiger partial charge in [0.15, 0.2) is 5.82 Å². The molecular weight excluding hydrogens is 471 g/mol. The van der Waals surface area contributed by atoms with Crippen molar-refractivity contribution in [3.05, 3.63) is 71.5 Å². The van der Waals surface area contributed by atoms with Crippen molar-refractivity contribution >= 4 is 34.3 Å². The first-order valence-electron chi connectivity index (χ1n) is 12.0. The fraction of sp³-hybridized carbons (Fsp3) is 0.286. The minimum absolute atomic E-state index is 0.209. The molecule has 37 heavy (non-hydrogen) atoms. The number of amides is 1. The minimum atomic E-state index is -1.15. The van der Waals surface area contributed by atoms with Gasteiger partial charge in [0.2, 0.25) is 5.91 Å². The lowest BCUT2D eigenvalue weighted by atomic mass is 10.1. The number of ether oxygens (including phenoxy) is 1. The number of pyridine rings is 1. The van der Waals surface area contributed by atoms with E-state index in [0.29, 0.717) is 28.5 Å². The number of carbonyl (C=O) groups excluding carboxylic acids is 1. The molecule has 4 aromatic rings. The van der Waals surface area contributed by atoms with E-state index in [-0.39, 0.29) is 18.9 Å². The molecule has 1 aliphatic carbocycles. The molecule has 1 amide bonds. The summed E-state index contributed by atoms with van der Waals surface area (Å²) in [5.74, 6) is 0.648. The van der Waals surface area contributed by atoms with Crippen molar-refractivity contribution in [2.24, 2.45) is 13.0 Å². The van der Waals surface area contributed by atoms with Gasteiger partial charge < -0.3 is 14.2 Å². The second kappa shape index (κ2) is 9.54. The smallest absolute Gasteiger partial charge is 0.234 e. The normalized spacial score (nSPS) is 16.3. The topological polar surface area (TPSA) is 87.3 Å². The third-order valence-corrected chi connectivity index (χ3v) is 6.78. The largest absolute Gasteiger partial charge is 0.497 e. The van der Waals surface area contributed by atoms with Gasteiger partial charge in [-0.05, 0) is 48.7 Å². The van der Waals surface area contributed by atoms with Crippen LogP contribution in [0.3, 0.4) is 0 Å². The number of halogens is 1. The Morgan fingerprint density at radius 1 is 1.24 bits per heavy atom. The Labute approximate surface area is 214 Å². The van der Waals surface area contributed by atoms with E-state index in [1.807, 2.05) is 73.0 Å². The van der Waals surface area contributed by atoms with E-state index in [1.165, 1.54) is 4.90 Å². The monoisotopic (exact) mass is 498 g/mol. The molecule has 2 aromatic carbocycles. The van der Waals surface area contributed by atoms with Gasteiger partial charge in [0.25, 0.3) is 0 Å². The standard InChI is InChI=1S/C28H27FN6O2/c1-17-5-6-19(14-30)11-23(17)34(3)25-13-24-26(31-16-33(24)2)27(32-25)35(28(36)21-12-22(21)29)15-18-7-9-20(37-4)10-8-18/h5-11,13,16,21-22H,12,15H2,1-4H3/t21-,22+/m0/s1. The van der Waals surface area contributed by atoms with Crippen LogP contribution in [0.15, 0.2) is 54.9 Å². The molecule has 0 aliphatic heterocycles. The SMILES string of the molecule is COc1ccc(CN(C(=O)[C@H]2C[C@H]2F)c2nc(N(C)c3cc(C#N)ccc3C)cc3c2ncn3C)cc1. The zero-order valence-corrected chi connectivity index (χ0v) is 21.1. The second-order valence-electron chi connectivity index (χ2n) is 9.33. The number of rotatable bonds is 7. The van der Waals surface area contributed by atoms with E-state index in [1.54, 1.807) is 19.5 Å². The number of carbonyl (C=O) groups is 1. The first-order chi connectivity index (χ1) is 17.8. The summed E-state index contributed by atoms with van der Waals surface area (Å²) in [6, 6.07) is 17.0. The Balaban J connectivity index is 1.63. The van der Waals surface area contributed by atoms with Gasteiger partial charge in [-0.2, -0.15) is 5.26 Å². The Kier molecular flexibility index (Phi) is 6.25. The quantitative estimate of drug-likeness (QED) is 0.363. The van der Waals surface area contributed by atoms with Gasteiger partial charge in [-0.15, -0.1) is 0 Å². The molecule has 5 rings (SSSR count). The Hall–Kier alpha value is -4.45. The molecule has 0 unspecified atom stereocenters. The first kappa shape index (κ1) is 24.3. The number of methoxy groups -OCH3 is 1. The summed E-state index contributed by atoms with van der Waals surface area (Å²) >= 11 is 0. The highest BCUT2D eigenvalue weighted by atomic mass is 19.1. The summed E-state index contributed by atoms with van der Waals surface area (Å²) in [6.07, 6.45) is 0.738. The van der Waals surface area contributed by atoms with Gasteiger partial charge >= 0.3 is 0 Å². The lowest BCUT2D eigenvalue weighted by Crippen LogP contribution is -2.33. The van der Waals surface area contributed by atoms with Gasteiger partial charge in [-0.25, -0.2) is 14.4 Å². The number of hydrogen-bond acceptors (Lipinski definition) is 6. The molecule has 0 spiro atoms. The van der Waals surface area contributed by atoms with Crippen LogP contribution in [0, 0.1) is 24.2 Å². The van der Waals surface area contributed by atoms with Crippen LogP contribution in [-0.2, 0) is 18.4 Å². The number of nitrogens with zero attached hydrogens (tertiary/aromatic N) is 6. The highest BCUT2D eigenvalue weighted by Gasteiger charge is 2.46. The number of fused-ring (bicyclic) bond motifs is 1. The fourth-order valence-corrected chi connectivity index (χ4v) is 4.41. The molecule has 0 radical (unpaired) electrons. The van der Waals surface area contributed by atoms with Crippen LogP contribution in [0.5, 0.6) is 5.75 Å². The summed E-state index contributed by atoms with van der Waals surface area (Å²) in [5.41, 5.74) is 4.51.